The molecule has 0 spiro atoms. The third-order valence-electron chi connectivity index (χ3n) is 1.04. The summed E-state index contributed by atoms with van der Waals surface area (Å²) in [5.41, 5.74) is 5.22. The summed E-state index contributed by atoms with van der Waals surface area (Å²) < 4.78 is 0. The minimum absolute atomic E-state index is 0.357. The lowest BCUT2D eigenvalue weighted by Gasteiger charge is -2.07. The molecule has 1 unspecified atom stereocenters. The van der Waals surface area contributed by atoms with E-state index in [0.29, 0.717) is 18.4 Å². The van der Waals surface area contributed by atoms with Crippen molar-refractivity contribution in [3.63, 3.8) is 0 Å². The van der Waals surface area contributed by atoms with Crippen molar-refractivity contribution >= 4 is 12.0 Å². The van der Waals surface area contributed by atoms with Gasteiger partial charge in [0.1, 0.15) is 6.04 Å². The Morgan fingerprint density at radius 2 is 2.00 bits per heavy atom. The Morgan fingerprint density at radius 1 is 1.67 bits per heavy atom. The van der Waals surface area contributed by atoms with Crippen LogP contribution in [0.25, 0.3) is 5.41 Å². The Labute approximate surface area is 71.1 Å². The van der Waals surface area contributed by atoms with Crippen LogP contribution in [0.3, 0.4) is 0 Å². The molecule has 0 fully saturated rings. The summed E-state index contributed by atoms with van der Waals surface area (Å²) in [6.07, 6.45) is 1.05. The monoisotopic (exact) mass is 173 g/mol. The molecule has 0 saturated carbocycles. The predicted molar refractivity (Wildman–Crippen MR) is 44.1 cm³/mol. The van der Waals surface area contributed by atoms with E-state index in [4.69, 9.17) is 21.0 Å². The van der Waals surface area contributed by atoms with Crippen molar-refractivity contribution in [1.29, 1.82) is 0 Å². The number of nitrogens with two attached hydrogens (primary N) is 1. The standard InChI is InChI=1S/C6H13NO2.CNO/c1-4(2)3-5(7)6(8)9;2-1-3/h4-5H,3,7H2,1-2H3,(H,8,9);/q;-1. The molecule has 12 heavy (non-hydrogen) atoms. The highest BCUT2D eigenvalue weighted by Crippen LogP contribution is 2.01. The predicted octanol–water partition coefficient (Wildman–Crippen LogP) is 0.336. The molecule has 5 nitrogen and oxygen atoms in total. The van der Waals surface area contributed by atoms with Gasteiger partial charge in [-0.05, 0) is 18.4 Å². The molecule has 3 N–H and O–H groups in total. The van der Waals surface area contributed by atoms with E-state index in [9.17, 15) is 4.79 Å². The Balaban J connectivity index is 0. The SMILES string of the molecule is CC(C)CC(N)C(=O)O.[N-]=C=O. The smallest absolute Gasteiger partial charge is 0.320 e. The average molecular weight is 173 g/mol. The van der Waals surface area contributed by atoms with Gasteiger partial charge < -0.3 is 16.2 Å². The highest BCUT2D eigenvalue weighted by molar-refractivity contribution is 5.72. The number of hydrogen-bond acceptors (Lipinski definition) is 3. The van der Waals surface area contributed by atoms with Crippen molar-refractivity contribution in [2.24, 2.45) is 11.7 Å². The lowest BCUT2D eigenvalue weighted by molar-refractivity contribution is -0.138. The number of nitrogens with zero attached hydrogens (tertiary/aromatic N) is 1. The zero-order valence-electron chi connectivity index (χ0n) is 7.15. The van der Waals surface area contributed by atoms with E-state index in [1.165, 1.54) is 0 Å². The van der Waals surface area contributed by atoms with Crippen LogP contribution in [0.2, 0.25) is 0 Å². The van der Waals surface area contributed by atoms with Crippen LogP contribution in [0, 0.1) is 5.92 Å². The number of carbonyl (C=O) groups is 1. The van der Waals surface area contributed by atoms with Gasteiger partial charge in [0, 0.05) is 0 Å². The Kier molecular flexibility index (Phi) is 8.84. The second kappa shape index (κ2) is 7.91. The normalized spacial score (nSPS) is 11.0. The van der Waals surface area contributed by atoms with Crippen LogP contribution in [0.4, 0.5) is 0 Å². The van der Waals surface area contributed by atoms with E-state index in [1.807, 2.05) is 13.8 Å². The van der Waals surface area contributed by atoms with E-state index in [-0.39, 0.29) is 0 Å². The molecule has 0 aromatic heterocycles. The van der Waals surface area contributed by atoms with Crippen LogP contribution in [-0.2, 0) is 9.59 Å². The number of aliphatic carboxylic acids is 1. The van der Waals surface area contributed by atoms with Crippen molar-refractivity contribution in [2.75, 3.05) is 0 Å². The molecule has 0 bridgehead atoms. The number of hydrogen-bond donors (Lipinski definition) is 2. The zero-order chi connectivity index (χ0) is 10.1. The fourth-order valence-electron chi connectivity index (χ4n) is 0.609. The molecule has 0 radical (unpaired) electrons. The van der Waals surface area contributed by atoms with E-state index < -0.39 is 12.0 Å². The second-order valence-electron chi connectivity index (χ2n) is 2.67. The molecule has 1 atom stereocenters. The lowest BCUT2D eigenvalue weighted by Crippen LogP contribution is -2.31. The number of isocyanates is 1. The van der Waals surface area contributed by atoms with Crippen molar-refractivity contribution in [3.8, 4) is 0 Å². The first-order valence-corrected chi connectivity index (χ1v) is 3.45. The number of carbonyl (C=O) groups excluding carboxylic acids is 1. The van der Waals surface area contributed by atoms with Crippen molar-refractivity contribution in [1.82, 2.24) is 0 Å². The van der Waals surface area contributed by atoms with Gasteiger partial charge >= 0.3 is 5.97 Å². The van der Waals surface area contributed by atoms with Crippen LogP contribution >= 0.6 is 0 Å². The molecular formula is C7H13N2O3-. The summed E-state index contributed by atoms with van der Waals surface area (Å²) in [6, 6.07) is -0.690. The van der Waals surface area contributed by atoms with E-state index in [2.05, 4.69) is 0 Å². The van der Waals surface area contributed by atoms with Gasteiger partial charge in [-0.2, -0.15) is 0 Å². The summed E-state index contributed by atoms with van der Waals surface area (Å²) in [5.74, 6) is -0.556. The topological polar surface area (TPSA) is 103 Å². The highest BCUT2D eigenvalue weighted by Gasteiger charge is 2.11. The highest BCUT2D eigenvalue weighted by atomic mass is 16.4. The van der Waals surface area contributed by atoms with Gasteiger partial charge in [0.15, 0.2) is 0 Å². The largest absolute Gasteiger partial charge is 0.724 e. The number of carboxylic acid groups (broad SMARTS) is 1. The van der Waals surface area contributed by atoms with E-state index in [0.717, 1.165) is 0 Å². The zero-order valence-corrected chi connectivity index (χ0v) is 7.15. The molecule has 0 aliphatic rings. The molecule has 5 heteroatoms. The van der Waals surface area contributed by atoms with Gasteiger partial charge in [-0.15, -0.1) is 0 Å². The first-order chi connectivity index (χ1) is 5.45. The third-order valence-corrected chi connectivity index (χ3v) is 1.04. The van der Waals surface area contributed by atoms with Crippen LogP contribution < -0.4 is 5.73 Å². The van der Waals surface area contributed by atoms with E-state index >= 15 is 0 Å². The molecule has 0 rings (SSSR count). The fraction of sp³-hybridized carbons (Fsp3) is 0.714. The van der Waals surface area contributed by atoms with Gasteiger partial charge in [-0.25, -0.2) is 0 Å². The molecule has 0 amide bonds. The maximum atomic E-state index is 10.1. The molecule has 0 aromatic carbocycles. The van der Waals surface area contributed by atoms with Crippen molar-refractivity contribution in [2.45, 2.75) is 26.3 Å². The molecule has 0 heterocycles. The van der Waals surface area contributed by atoms with Crippen molar-refractivity contribution in [3.05, 3.63) is 5.41 Å². The van der Waals surface area contributed by atoms with E-state index in [1.54, 1.807) is 0 Å². The van der Waals surface area contributed by atoms with Crippen LogP contribution in [-0.4, -0.2) is 23.2 Å². The summed E-state index contributed by atoms with van der Waals surface area (Å²) in [6.45, 7) is 3.89. The minimum atomic E-state index is -0.913. The molecule has 70 valence electrons. The Morgan fingerprint density at radius 3 is 2.08 bits per heavy atom. The van der Waals surface area contributed by atoms with Crippen LogP contribution in [0.5, 0.6) is 0 Å². The Bertz CT molecular complexity index is 162. The maximum Gasteiger partial charge on any atom is 0.320 e. The third kappa shape index (κ3) is 11.6. The quantitative estimate of drug-likeness (QED) is 0.474. The van der Waals surface area contributed by atoms with Crippen LogP contribution in [0.1, 0.15) is 20.3 Å². The average Bonchev–Trinajstić information content (AvgIpc) is 1.87. The molecule has 0 aromatic rings. The van der Waals surface area contributed by atoms with Gasteiger partial charge in [0.05, 0.1) is 0 Å². The summed E-state index contributed by atoms with van der Waals surface area (Å²) in [4.78, 5) is 18.3. The fourth-order valence-corrected chi connectivity index (χ4v) is 0.609. The summed E-state index contributed by atoms with van der Waals surface area (Å²) >= 11 is 0. The summed E-state index contributed by atoms with van der Waals surface area (Å²) in [5, 5.41) is 15.1. The van der Waals surface area contributed by atoms with Gasteiger partial charge in [-0.1, -0.05) is 13.8 Å². The second-order valence-corrected chi connectivity index (χ2v) is 2.67. The number of carboxylic acids is 1. The van der Waals surface area contributed by atoms with Crippen molar-refractivity contribution < 1.29 is 14.7 Å². The lowest BCUT2D eigenvalue weighted by atomic mass is 10.1. The first-order valence-electron chi connectivity index (χ1n) is 3.45. The molecule has 0 aliphatic carbocycles. The Hall–Kier alpha value is -1.19. The molecule has 0 aliphatic heterocycles. The number of rotatable bonds is 3. The van der Waals surface area contributed by atoms with Crippen LogP contribution in [0.15, 0.2) is 0 Å². The van der Waals surface area contributed by atoms with Gasteiger partial charge in [0.2, 0.25) is 0 Å². The molecular weight excluding hydrogens is 160 g/mol. The summed E-state index contributed by atoms with van der Waals surface area (Å²) in [7, 11) is 0. The minimum Gasteiger partial charge on any atom is -0.724 e. The van der Waals surface area contributed by atoms with Gasteiger partial charge in [-0.3, -0.25) is 9.59 Å². The maximum absolute atomic E-state index is 10.1. The first kappa shape index (κ1) is 13.4. The van der Waals surface area contributed by atoms with Gasteiger partial charge in [0.25, 0.3) is 0 Å². The molecule has 0 saturated heterocycles.